The van der Waals surface area contributed by atoms with Gasteiger partial charge in [-0.25, -0.2) is 4.79 Å². The predicted molar refractivity (Wildman–Crippen MR) is 57.6 cm³/mol. The van der Waals surface area contributed by atoms with Crippen molar-refractivity contribution in [1.29, 1.82) is 0 Å². The Morgan fingerprint density at radius 3 is 2.87 bits per heavy atom. The standard InChI is InChI=1S/C11H14N2O2/c1-11(2,3)15-10(14)13-6-8-4-12-5-9(8)7-13/h4-6H,7H2,1-3H3. The van der Waals surface area contributed by atoms with Crippen molar-refractivity contribution >= 4 is 12.3 Å². The SMILES string of the molecule is CC(C)(C)OC(=O)N1C=C2C=NC=C2C1. The maximum absolute atomic E-state index is 11.7. The van der Waals surface area contributed by atoms with E-state index in [0.29, 0.717) is 6.54 Å². The molecule has 4 nitrogen and oxygen atoms in total. The lowest BCUT2D eigenvalue weighted by Gasteiger charge is -2.23. The topological polar surface area (TPSA) is 41.9 Å². The lowest BCUT2D eigenvalue weighted by atomic mass is 10.2. The first-order valence-corrected chi connectivity index (χ1v) is 4.90. The molecule has 0 saturated carbocycles. The van der Waals surface area contributed by atoms with E-state index in [1.54, 1.807) is 23.5 Å². The predicted octanol–water partition coefficient (Wildman–Crippen LogP) is 2.09. The van der Waals surface area contributed by atoms with Crippen LogP contribution in [0.3, 0.4) is 0 Å². The van der Waals surface area contributed by atoms with Gasteiger partial charge in [0.15, 0.2) is 0 Å². The van der Waals surface area contributed by atoms with Crippen molar-refractivity contribution in [2.75, 3.05) is 6.54 Å². The van der Waals surface area contributed by atoms with Crippen LogP contribution < -0.4 is 0 Å². The van der Waals surface area contributed by atoms with Gasteiger partial charge in [-0.15, -0.1) is 0 Å². The number of hydrogen-bond donors (Lipinski definition) is 0. The van der Waals surface area contributed by atoms with Gasteiger partial charge in [0.1, 0.15) is 5.60 Å². The van der Waals surface area contributed by atoms with Crippen molar-refractivity contribution in [2.24, 2.45) is 4.99 Å². The molecule has 0 bridgehead atoms. The third-order valence-corrected chi connectivity index (χ3v) is 2.08. The number of aliphatic imine (C=N–C) groups is 1. The first-order chi connectivity index (χ1) is 6.96. The summed E-state index contributed by atoms with van der Waals surface area (Å²) in [5, 5.41) is 0. The highest BCUT2D eigenvalue weighted by Gasteiger charge is 2.27. The maximum atomic E-state index is 11.7. The van der Waals surface area contributed by atoms with E-state index in [-0.39, 0.29) is 6.09 Å². The molecule has 80 valence electrons. The van der Waals surface area contributed by atoms with Gasteiger partial charge in [-0.2, -0.15) is 0 Å². The fourth-order valence-corrected chi connectivity index (χ4v) is 1.45. The van der Waals surface area contributed by atoms with E-state index in [0.717, 1.165) is 11.1 Å². The van der Waals surface area contributed by atoms with Crippen LogP contribution in [0.5, 0.6) is 0 Å². The smallest absolute Gasteiger partial charge is 0.414 e. The van der Waals surface area contributed by atoms with Gasteiger partial charge in [-0.3, -0.25) is 9.89 Å². The molecule has 0 radical (unpaired) electrons. The summed E-state index contributed by atoms with van der Waals surface area (Å²) >= 11 is 0. The summed E-state index contributed by atoms with van der Waals surface area (Å²) < 4.78 is 5.26. The third kappa shape index (κ3) is 2.09. The highest BCUT2D eigenvalue weighted by atomic mass is 16.6. The summed E-state index contributed by atoms with van der Waals surface area (Å²) in [7, 11) is 0. The second-order valence-corrected chi connectivity index (χ2v) is 4.63. The number of amides is 1. The molecule has 0 N–H and O–H groups in total. The molecular formula is C11H14N2O2. The minimum Gasteiger partial charge on any atom is -0.443 e. The van der Waals surface area contributed by atoms with E-state index in [4.69, 9.17) is 4.74 Å². The summed E-state index contributed by atoms with van der Waals surface area (Å²) in [4.78, 5) is 17.2. The molecule has 2 rings (SSSR count). The third-order valence-electron chi connectivity index (χ3n) is 2.08. The van der Waals surface area contributed by atoms with E-state index in [1.807, 2.05) is 20.8 Å². The van der Waals surface area contributed by atoms with Crippen LogP contribution in [0.4, 0.5) is 4.79 Å². The van der Waals surface area contributed by atoms with Crippen LogP contribution in [-0.2, 0) is 4.74 Å². The molecule has 0 saturated heterocycles. The van der Waals surface area contributed by atoms with Crippen LogP contribution in [0.1, 0.15) is 20.8 Å². The van der Waals surface area contributed by atoms with E-state index in [2.05, 4.69) is 4.99 Å². The van der Waals surface area contributed by atoms with E-state index in [1.165, 1.54) is 0 Å². The number of rotatable bonds is 0. The first kappa shape index (κ1) is 9.96. The second-order valence-electron chi connectivity index (χ2n) is 4.63. The summed E-state index contributed by atoms with van der Waals surface area (Å²) in [6.45, 7) is 6.13. The molecule has 0 atom stereocenters. The Balaban J connectivity index is 2.03. The molecule has 0 unspecified atom stereocenters. The highest BCUT2D eigenvalue weighted by Crippen LogP contribution is 2.24. The quantitative estimate of drug-likeness (QED) is 0.609. The lowest BCUT2D eigenvalue weighted by Crippen LogP contribution is -2.32. The molecule has 2 heterocycles. The zero-order valence-electron chi connectivity index (χ0n) is 9.15. The summed E-state index contributed by atoms with van der Waals surface area (Å²) in [6, 6.07) is 0. The monoisotopic (exact) mass is 206 g/mol. The summed E-state index contributed by atoms with van der Waals surface area (Å²) in [5.74, 6) is 0. The van der Waals surface area contributed by atoms with Gasteiger partial charge in [0.05, 0.1) is 6.54 Å². The minimum absolute atomic E-state index is 0.307. The van der Waals surface area contributed by atoms with Gasteiger partial charge in [-0.05, 0) is 20.8 Å². The van der Waals surface area contributed by atoms with Crippen LogP contribution in [-0.4, -0.2) is 29.4 Å². The molecule has 0 aromatic carbocycles. The average Bonchev–Trinajstić information content (AvgIpc) is 2.56. The number of fused-ring (bicyclic) bond motifs is 1. The van der Waals surface area contributed by atoms with Gasteiger partial charge in [-0.1, -0.05) is 0 Å². The maximum Gasteiger partial charge on any atom is 0.414 e. The van der Waals surface area contributed by atoms with E-state index < -0.39 is 5.60 Å². The zero-order chi connectivity index (χ0) is 11.1. The largest absolute Gasteiger partial charge is 0.443 e. The summed E-state index contributed by atoms with van der Waals surface area (Å²) in [5.41, 5.74) is 1.62. The van der Waals surface area contributed by atoms with Gasteiger partial charge in [0, 0.05) is 29.8 Å². The van der Waals surface area contributed by atoms with Crippen molar-refractivity contribution in [3.05, 3.63) is 23.5 Å². The van der Waals surface area contributed by atoms with Crippen molar-refractivity contribution in [3.63, 3.8) is 0 Å². The molecule has 4 heteroatoms. The van der Waals surface area contributed by atoms with Crippen LogP contribution in [0.2, 0.25) is 0 Å². The molecule has 2 aliphatic heterocycles. The van der Waals surface area contributed by atoms with Crippen molar-refractivity contribution in [3.8, 4) is 0 Å². The number of hydrogen-bond acceptors (Lipinski definition) is 3. The van der Waals surface area contributed by atoms with Crippen LogP contribution in [0, 0.1) is 0 Å². The lowest BCUT2D eigenvalue weighted by molar-refractivity contribution is 0.0357. The molecule has 0 aromatic rings. The Morgan fingerprint density at radius 2 is 2.27 bits per heavy atom. The molecule has 15 heavy (non-hydrogen) atoms. The van der Waals surface area contributed by atoms with Crippen LogP contribution >= 0.6 is 0 Å². The second kappa shape index (κ2) is 3.22. The molecule has 2 aliphatic rings. The molecular weight excluding hydrogens is 192 g/mol. The normalized spacial score (nSPS) is 18.7. The van der Waals surface area contributed by atoms with Crippen molar-refractivity contribution < 1.29 is 9.53 Å². The Hall–Kier alpha value is -1.58. The average molecular weight is 206 g/mol. The molecule has 0 spiro atoms. The van der Waals surface area contributed by atoms with Gasteiger partial charge < -0.3 is 4.74 Å². The Labute approximate surface area is 88.9 Å². The Bertz CT molecular complexity index is 386. The van der Waals surface area contributed by atoms with E-state index in [9.17, 15) is 4.79 Å². The number of nitrogens with zero attached hydrogens (tertiary/aromatic N) is 2. The van der Waals surface area contributed by atoms with Gasteiger partial charge >= 0.3 is 6.09 Å². The fraction of sp³-hybridized carbons (Fsp3) is 0.455. The van der Waals surface area contributed by atoms with Crippen LogP contribution in [0.25, 0.3) is 0 Å². The van der Waals surface area contributed by atoms with Crippen molar-refractivity contribution in [2.45, 2.75) is 26.4 Å². The Morgan fingerprint density at radius 1 is 1.53 bits per heavy atom. The number of ether oxygens (including phenoxy) is 1. The molecule has 0 aliphatic carbocycles. The van der Waals surface area contributed by atoms with E-state index >= 15 is 0 Å². The molecule has 1 amide bonds. The molecule has 0 aromatic heterocycles. The van der Waals surface area contributed by atoms with Gasteiger partial charge in [0.2, 0.25) is 0 Å². The zero-order valence-corrected chi connectivity index (χ0v) is 9.15. The van der Waals surface area contributed by atoms with Gasteiger partial charge in [0.25, 0.3) is 0 Å². The minimum atomic E-state index is -0.449. The first-order valence-electron chi connectivity index (χ1n) is 4.90. The number of carbonyl (C=O) groups is 1. The summed E-state index contributed by atoms with van der Waals surface area (Å²) in [6.07, 6.45) is 4.99. The molecule has 0 fully saturated rings. The fourth-order valence-electron chi connectivity index (χ4n) is 1.45. The highest BCUT2D eigenvalue weighted by molar-refractivity contribution is 5.91. The Kier molecular flexibility index (Phi) is 2.14. The van der Waals surface area contributed by atoms with Crippen LogP contribution in [0.15, 0.2) is 28.5 Å². The number of carbonyl (C=O) groups excluding carboxylic acids is 1. The van der Waals surface area contributed by atoms with Crippen molar-refractivity contribution in [1.82, 2.24) is 4.90 Å².